The van der Waals surface area contributed by atoms with Gasteiger partial charge in [0.15, 0.2) is 0 Å². The van der Waals surface area contributed by atoms with Gasteiger partial charge in [-0.15, -0.1) is 0 Å². The summed E-state index contributed by atoms with van der Waals surface area (Å²) in [6.07, 6.45) is 3.50. The molecule has 3 rings (SSSR count). The summed E-state index contributed by atoms with van der Waals surface area (Å²) in [6, 6.07) is 11.7. The van der Waals surface area contributed by atoms with Gasteiger partial charge in [0.2, 0.25) is 0 Å². The van der Waals surface area contributed by atoms with Crippen molar-refractivity contribution in [2.45, 2.75) is 25.8 Å². The molecule has 2 N–H and O–H groups in total. The van der Waals surface area contributed by atoms with Gasteiger partial charge in [-0.25, -0.2) is 4.79 Å². The highest BCUT2D eigenvalue weighted by Crippen LogP contribution is 2.29. The highest BCUT2D eigenvalue weighted by Gasteiger charge is 2.22. The molecule has 0 atom stereocenters. The first kappa shape index (κ1) is 17.1. The summed E-state index contributed by atoms with van der Waals surface area (Å²) >= 11 is 0. The lowest BCUT2D eigenvalue weighted by atomic mass is 10.0. The van der Waals surface area contributed by atoms with Crippen molar-refractivity contribution in [1.82, 2.24) is 10.3 Å². The van der Waals surface area contributed by atoms with E-state index in [1.165, 1.54) is 0 Å². The molecule has 2 amide bonds. The van der Waals surface area contributed by atoms with Gasteiger partial charge in [-0.2, -0.15) is 0 Å². The molecule has 0 aliphatic carbocycles. The molecule has 25 heavy (non-hydrogen) atoms. The van der Waals surface area contributed by atoms with Gasteiger partial charge in [-0.3, -0.25) is 4.98 Å². The van der Waals surface area contributed by atoms with Crippen LogP contribution in [0.15, 0.2) is 42.6 Å². The molecule has 1 fully saturated rings. The van der Waals surface area contributed by atoms with E-state index in [2.05, 4.69) is 26.6 Å². The minimum absolute atomic E-state index is 0.165. The first-order valence-electron chi connectivity index (χ1n) is 8.54. The van der Waals surface area contributed by atoms with Gasteiger partial charge in [0.25, 0.3) is 0 Å². The van der Waals surface area contributed by atoms with Crippen LogP contribution in [0.4, 0.5) is 16.2 Å². The van der Waals surface area contributed by atoms with Gasteiger partial charge in [-0.1, -0.05) is 12.1 Å². The van der Waals surface area contributed by atoms with Crippen molar-refractivity contribution in [3.05, 3.63) is 48.3 Å². The summed E-state index contributed by atoms with van der Waals surface area (Å²) in [4.78, 5) is 18.6. The SMILES string of the molecule is COc1ccccc1N1CCC(NC(=O)Nc2ccnc(C)c2)CC1. The molecule has 1 saturated heterocycles. The zero-order valence-corrected chi connectivity index (χ0v) is 14.7. The number of pyridine rings is 1. The minimum Gasteiger partial charge on any atom is -0.495 e. The number of amides is 2. The normalized spacial score (nSPS) is 14.9. The lowest BCUT2D eigenvalue weighted by molar-refractivity contribution is 0.246. The number of nitrogens with one attached hydrogen (secondary N) is 2. The fraction of sp³-hybridized carbons (Fsp3) is 0.368. The minimum atomic E-state index is -0.165. The maximum atomic E-state index is 12.2. The number of urea groups is 1. The van der Waals surface area contributed by atoms with Crippen LogP contribution in [-0.2, 0) is 0 Å². The molecule has 0 bridgehead atoms. The van der Waals surface area contributed by atoms with E-state index in [0.717, 1.165) is 48.7 Å². The maximum absolute atomic E-state index is 12.2. The van der Waals surface area contributed by atoms with Crippen molar-refractivity contribution in [1.29, 1.82) is 0 Å². The van der Waals surface area contributed by atoms with E-state index in [4.69, 9.17) is 4.74 Å². The van der Waals surface area contributed by atoms with Gasteiger partial charge in [0.05, 0.1) is 12.8 Å². The Morgan fingerprint density at radius 3 is 2.72 bits per heavy atom. The molecule has 6 heteroatoms. The molecule has 2 heterocycles. The van der Waals surface area contributed by atoms with Gasteiger partial charge >= 0.3 is 6.03 Å². The number of para-hydroxylation sites is 2. The molecule has 0 saturated carbocycles. The molecular weight excluding hydrogens is 316 g/mol. The van der Waals surface area contributed by atoms with Gasteiger partial charge in [0.1, 0.15) is 5.75 Å². The number of benzene rings is 1. The average Bonchev–Trinajstić information content (AvgIpc) is 2.62. The summed E-state index contributed by atoms with van der Waals surface area (Å²) in [5.41, 5.74) is 2.75. The van der Waals surface area contributed by atoms with E-state index in [9.17, 15) is 4.79 Å². The molecular formula is C19H24N4O2. The Hall–Kier alpha value is -2.76. The van der Waals surface area contributed by atoms with Crippen molar-refractivity contribution in [2.24, 2.45) is 0 Å². The van der Waals surface area contributed by atoms with E-state index in [-0.39, 0.29) is 12.1 Å². The molecule has 2 aromatic rings. The van der Waals surface area contributed by atoms with Crippen LogP contribution in [0.2, 0.25) is 0 Å². The van der Waals surface area contributed by atoms with E-state index >= 15 is 0 Å². The third-order valence-corrected chi connectivity index (χ3v) is 4.41. The molecule has 1 aliphatic heterocycles. The quantitative estimate of drug-likeness (QED) is 0.897. The number of anilines is 2. The number of methoxy groups -OCH3 is 1. The Morgan fingerprint density at radius 1 is 1.24 bits per heavy atom. The van der Waals surface area contributed by atoms with E-state index < -0.39 is 0 Å². The Labute approximate surface area is 148 Å². The van der Waals surface area contributed by atoms with Crippen LogP contribution in [0, 0.1) is 6.92 Å². The molecule has 6 nitrogen and oxygen atoms in total. The topological polar surface area (TPSA) is 66.5 Å². The van der Waals surface area contributed by atoms with Crippen LogP contribution >= 0.6 is 0 Å². The average molecular weight is 340 g/mol. The number of piperidine rings is 1. The Balaban J connectivity index is 1.51. The first-order chi connectivity index (χ1) is 12.2. The maximum Gasteiger partial charge on any atom is 0.319 e. The lowest BCUT2D eigenvalue weighted by Crippen LogP contribution is -2.46. The zero-order chi connectivity index (χ0) is 17.6. The summed E-state index contributed by atoms with van der Waals surface area (Å²) in [5.74, 6) is 0.889. The summed E-state index contributed by atoms with van der Waals surface area (Å²) in [5, 5.41) is 5.93. The third-order valence-electron chi connectivity index (χ3n) is 4.41. The number of ether oxygens (including phenoxy) is 1. The number of carbonyl (C=O) groups excluding carboxylic acids is 1. The molecule has 0 radical (unpaired) electrons. The largest absolute Gasteiger partial charge is 0.495 e. The molecule has 132 valence electrons. The Morgan fingerprint density at radius 2 is 2.00 bits per heavy atom. The lowest BCUT2D eigenvalue weighted by Gasteiger charge is -2.34. The van der Waals surface area contributed by atoms with Crippen molar-refractivity contribution < 1.29 is 9.53 Å². The van der Waals surface area contributed by atoms with E-state index in [1.807, 2.05) is 31.2 Å². The third kappa shape index (κ3) is 4.41. The van der Waals surface area contributed by atoms with Crippen LogP contribution in [0.5, 0.6) is 5.75 Å². The number of rotatable bonds is 4. The first-order valence-corrected chi connectivity index (χ1v) is 8.54. The fourth-order valence-corrected chi connectivity index (χ4v) is 3.13. The van der Waals surface area contributed by atoms with Crippen LogP contribution in [0.1, 0.15) is 18.5 Å². The predicted molar refractivity (Wildman–Crippen MR) is 99.4 cm³/mol. The van der Waals surface area contributed by atoms with Crippen molar-refractivity contribution in [3.63, 3.8) is 0 Å². The molecule has 0 spiro atoms. The Kier molecular flexibility index (Phi) is 5.38. The number of hydrogen-bond acceptors (Lipinski definition) is 4. The van der Waals surface area contributed by atoms with E-state index in [1.54, 1.807) is 19.4 Å². The second kappa shape index (κ2) is 7.88. The van der Waals surface area contributed by atoms with Crippen LogP contribution < -0.4 is 20.3 Å². The number of carbonyl (C=O) groups is 1. The van der Waals surface area contributed by atoms with Crippen LogP contribution in [0.25, 0.3) is 0 Å². The summed E-state index contributed by atoms with van der Waals surface area (Å²) < 4.78 is 5.44. The standard InChI is InChI=1S/C19H24N4O2/c1-14-13-16(7-10-20-14)22-19(24)21-15-8-11-23(12-9-15)17-5-3-4-6-18(17)25-2/h3-7,10,13,15H,8-9,11-12H2,1-2H3,(H2,20,21,22,24). The van der Waals surface area contributed by atoms with Gasteiger partial charge in [-0.05, 0) is 44.0 Å². The monoisotopic (exact) mass is 340 g/mol. The molecule has 0 unspecified atom stereocenters. The molecule has 1 aliphatic rings. The molecule has 1 aromatic heterocycles. The molecule has 1 aromatic carbocycles. The van der Waals surface area contributed by atoms with Crippen LogP contribution in [-0.4, -0.2) is 37.3 Å². The smallest absolute Gasteiger partial charge is 0.319 e. The second-order valence-corrected chi connectivity index (χ2v) is 6.22. The summed E-state index contributed by atoms with van der Waals surface area (Å²) in [7, 11) is 1.69. The van der Waals surface area contributed by atoms with Crippen molar-refractivity contribution >= 4 is 17.4 Å². The number of aromatic nitrogens is 1. The highest BCUT2D eigenvalue weighted by atomic mass is 16.5. The van der Waals surface area contributed by atoms with Crippen LogP contribution in [0.3, 0.4) is 0 Å². The number of hydrogen-bond donors (Lipinski definition) is 2. The van der Waals surface area contributed by atoms with Gasteiger partial charge < -0.3 is 20.3 Å². The zero-order valence-electron chi connectivity index (χ0n) is 14.7. The Bertz CT molecular complexity index is 727. The van der Waals surface area contributed by atoms with Crippen molar-refractivity contribution in [3.8, 4) is 5.75 Å². The predicted octanol–water partition coefficient (Wildman–Crippen LogP) is 3.19. The van der Waals surface area contributed by atoms with E-state index in [0.29, 0.717) is 0 Å². The van der Waals surface area contributed by atoms with Crippen molar-refractivity contribution in [2.75, 3.05) is 30.4 Å². The highest BCUT2D eigenvalue weighted by molar-refractivity contribution is 5.89. The van der Waals surface area contributed by atoms with Gasteiger partial charge in [0, 0.05) is 36.7 Å². The summed E-state index contributed by atoms with van der Waals surface area (Å²) in [6.45, 7) is 3.68. The number of nitrogens with zero attached hydrogens (tertiary/aromatic N) is 2. The second-order valence-electron chi connectivity index (χ2n) is 6.22. The fourth-order valence-electron chi connectivity index (χ4n) is 3.13. The number of aryl methyl sites for hydroxylation is 1.